The molecule has 7 nitrogen and oxygen atoms in total. The summed E-state index contributed by atoms with van der Waals surface area (Å²) in [5.41, 5.74) is 2.68. The third-order valence-corrected chi connectivity index (χ3v) is 5.18. The number of sulfonamides is 1. The van der Waals surface area contributed by atoms with Gasteiger partial charge in [-0.25, -0.2) is 13.1 Å². The second-order valence-corrected chi connectivity index (χ2v) is 6.93. The molecule has 0 aliphatic carbocycles. The maximum absolute atomic E-state index is 12.5. The first-order valence-electron chi connectivity index (χ1n) is 7.26. The van der Waals surface area contributed by atoms with Crippen LogP contribution in [-0.4, -0.2) is 23.5 Å². The van der Waals surface area contributed by atoms with Gasteiger partial charge in [0.05, 0.1) is 5.69 Å². The van der Waals surface area contributed by atoms with Crippen LogP contribution in [0.15, 0.2) is 52.3 Å². The van der Waals surface area contributed by atoms with Crippen LogP contribution >= 0.6 is 0 Å². The summed E-state index contributed by atoms with van der Waals surface area (Å²) in [6.07, 6.45) is 5.01. The first-order valence-corrected chi connectivity index (χ1v) is 8.74. The summed E-state index contributed by atoms with van der Waals surface area (Å²) in [5.74, 6) is 0.264. The number of aryl methyl sites for hydroxylation is 2. The minimum atomic E-state index is -3.72. The predicted octanol–water partition coefficient (Wildman–Crippen LogP) is 2.23. The van der Waals surface area contributed by atoms with Gasteiger partial charge < -0.3 is 4.52 Å². The Kier molecular flexibility index (Phi) is 4.41. The summed E-state index contributed by atoms with van der Waals surface area (Å²) in [5, 5.41) is 3.69. The SMILES string of the molecule is Cc1noc(C)c1S(=O)(=O)NCc1cccnc1-c1ccncc1. The molecule has 0 saturated carbocycles. The van der Waals surface area contributed by atoms with Gasteiger partial charge in [0.25, 0.3) is 0 Å². The minimum absolute atomic E-state index is 0.0804. The second kappa shape index (κ2) is 6.50. The second-order valence-electron chi connectivity index (χ2n) is 5.22. The summed E-state index contributed by atoms with van der Waals surface area (Å²) in [6.45, 7) is 3.27. The van der Waals surface area contributed by atoms with Crippen molar-refractivity contribution in [3.63, 3.8) is 0 Å². The van der Waals surface area contributed by atoms with Gasteiger partial charge in [-0.15, -0.1) is 0 Å². The van der Waals surface area contributed by atoms with E-state index in [1.807, 2.05) is 18.2 Å². The van der Waals surface area contributed by atoms with Crippen molar-refractivity contribution in [2.45, 2.75) is 25.3 Å². The third kappa shape index (κ3) is 3.19. The van der Waals surface area contributed by atoms with E-state index in [4.69, 9.17) is 4.52 Å². The lowest BCUT2D eigenvalue weighted by molar-refractivity contribution is 0.390. The highest BCUT2D eigenvalue weighted by Gasteiger charge is 2.24. The minimum Gasteiger partial charge on any atom is -0.360 e. The van der Waals surface area contributed by atoms with Crippen LogP contribution in [0.2, 0.25) is 0 Å². The molecule has 3 rings (SSSR count). The first kappa shape index (κ1) is 16.3. The van der Waals surface area contributed by atoms with Crippen LogP contribution in [0, 0.1) is 13.8 Å². The Morgan fingerprint density at radius 2 is 1.88 bits per heavy atom. The Morgan fingerprint density at radius 3 is 2.54 bits per heavy atom. The molecule has 24 heavy (non-hydrogen) atoms. The van der Waals surface area contributed by atoms with Crippen molar-refractivity contribution in [2.24, 2.45) is 0 Å². The van der Waals surface area contributed by atoms with Gasteiger partial charge in [0.1, 0.15) is 10.6 Å². The van der Waals surface area contributed by atoms with E-state index in [-0.39, 0.29) is 17.2 Å². The fraction of sp³-hybridized carbons (Fsp3) is 0.188. The average Bonchev–Trinajstić information content (AvgIpc) is 2.93. The Labute approximate surface area is 139 Å². The van der Waals surface area contributed by atoms with Crippen LogP contribution < -0.4 is 4.72 Å². The summed E-state index contributed by atoms with van der Waals surface area (Å²) < 4.78 is 32.6. The van der Waals surface area contributed by atoms with Crippen molar-refractivity contribution in [3.8, 4) is 11.3 Å². The molecule has 0 amide bonds. The number of rotatable bonds is 5. The van der Waals surface area contributed by atoms with Crippen molar-refractivity contribution >= 4 is 10.0 Å². The van der Waals surface area contributed by atoms with E-state index in [0.717, 1.165) is 11.1 Å². The summed E-state index contributed by atoms with van der Waals surface area (Å²) in [6, 6.07) is 7.26. The summed E-state index contributed by atoms with van der Waals surface area (Å²) in [4.78, 5) is 8.42. The van der Waals surface area contributed by atoms with E-state index < -0.39 is 10.0 Å². The largest absolute Gasteiger partial charge is 0.360 e. The monoisotopic (exact) mass is 344 g/mol. The standard InChI is InChI=1S/C16H16N4O3S/c1-11-16(12(2)23-20-11)24(21,22)19-10-14-4-3-7-18-15(14)13-5-8-17-9-6-13/h3-9,19H,10H2,1-2H3. The van der Waals surface area contributed by atoms with E-state index in [0.29, 0.717) is 11.4 Å². The van der Waals surface area contributed by atoms with Gasteiger partial charge in [0.2, 0.25) is 10.0 Å². The topological polar surface area (TPSA) is 98.0 Å². The van der Waals surface area contributed by atoms with Gasteiger partial charge in [-0.3, -0.25) is 9.97 Å². The molecule has 0 saturated heterocycles. The summed E-state index contributed by atoms with van der Waals surface area (Å²) >= 11 is 0. The molecule has 1 N–H and O–H groups in total. The lowest BCUT2D eigenvalue weighted by Gasteiger charge is -2.10. The average molecular weight is 344 g/mol. The van der Waals surface area contributed by atoms with E-state index in [2.05, 4.69) is 19.8 Å². The van der Waals surface area contributed by atoms with E-state index in [1.54, 1.807) is 38.5 Å². The lowest BCUT2D eigenvalue weighted by Crippen LogP contribution is -2.24. The van der Waals surface area contributed by atoms with Gasteiger partial charge in [-0.1, -0.05) is 11.2 Å². The number of hydrogen-bond acceptors (Lipinski definition) is 6. The van der Waals surface area contributed by atoms with E-state index in [1.165, 1.54) is 0 Å². The molecular weight excluding hydrogens is 328 g/mol. The number of aromatic nitrogens is 3. The molecule has 0 spiro atoms. The normalized spacial score (nSPS) is 11.6. The quantitative estimate of drug-likeness (QED) is 0.762. The number of nitrogens with zero attached hydrogens (tertiary/aromatic N) is 3. The van der Waals surface area contributed by atoms with Gasteiger partial charge in [0.15, 0.2) is 5.76 Å². The van der Waals surface area contributed by atoms with Gasteiger partial charge in [0, 0.05) is 30.7 Å². The van der Waals surface area contributed by atoms with Crippen LogP contribution in [0.5, 0.6) is 0 Å². The van der Waals surface area contributed by atoms with Gasteiger partial charge >= 0.3 is 0 Å². The number of pyridine rings is 2. The van der Waals surface area contributed by atoms with Crippen LogP contribution in [-0.2, 0) is 16.6 Å². The molecule has 8 heteroatoms. The van der Waals surface area contributed by atoms with Crippen molar-refractivity contribution in [1.82, 2.24) is 19.8 Å². The fourth-order valence-corrected chi connectivity index (χ4v) is 3.79. The molecule has 0 aliphatic rings. The molecule has 0 bridgehead atoms. The zero-order chi connectivity index (χ0) is 17.2. The molecule has 0 aliphatic heterocycles. The molecule has 0 atom stereocenters. The highest BCUT2D eigenvalue weighted by atomic mass is 32.2. The number of nitrogens with one attached hydrogen (secondary N) is 1. The Bertz CT molecular complexity index is 933. The highest BCUT2D eigenvalue weighted by molar-refractivity contribution is 7.89. The van der Waals surface area contributed by atoms with Crippen LogP contribution in [0.3, 0.4) is 0 Å². The first-order chi connectivity index (χ1) is 11.5. The third-order valence-electron chi connectivity index (χ3n) is 3.53. The Balaban J connectivity index is 1.88. The van der Waals surface area contributed by atoms with Gasteiger partial charge in [-0.2, -0.15) is 0 Å². The van der Waals surface area contributed by atoms with E-state index >= 15 is 0 Å². The van der Waals surface area contributed by atoms with Crippen LogP contribution in [0.4, 0.5) is 0 Å². The highest BCUT2D eigenvalue weighted by Crippen LogP contribution is 2.22. The number of hydrogen-bond donors (Lipinski definition) is 1. The maximum atomic E-state index is 12.5. The fourth-order valence-electron chi connectivity index (χ4n) is 2.45. The summed E-state index contributed by atoms with van der Waals surface area (Å²) in [7, 11) is -3.72. The van der Waals surface area contributed by atoms with E-state index in [9.17, 15) is 8.42 Å². The molecular formula is C16H16N4O3S. The van der Waals surface area contributed by atoms with Crippen LogP contribution in [0.25, 0.3) is 11.3 Å². The van der Waals surface area contributed by atoms with Gasteiger partial charge in [-0.05, 0) is 37.6 Å². The smallest absolute Gasteiger partial charge is 0.246 e. The zero-order valence-corrected chi connectivity index (χ0v) is 14.0. The van der Waals surface area contributed by atoms with Crippen molar-refractivity contribution in [3.05, 3.63) is 59.9 Å². The van der Waals surface area contributed by atoms with Crippen molar-refractivity contribution in [2.75, 3.05) is 0 Å². The lowest BCUT2D eigenvalue weighted by atomic mass is 10.1. The van der Waals surface area contributed by atoms with Crippen molar-refractivity contribution < 1.29 is 12.9 Å². The maximum Gasteiger partial charge on any atom is 0.246 e. The molecule has 124 valence electrons. The van der Waals surface area contributed by atoms with Crippen LogP contribution in [0.1, 0.15) is 17.0 Å². The molecule has 3 aromatic rings. The molecule has 3 aromatic heterocycles. The molecule has 3 heterocycles. The molecule has 0 radical (unpaired) electrons. The predicted molar refractivity (Wildman–Crippen MR) is 87.5 cm³/mol. The Morgan fingerprint density at radius 1 is 1.12 bits per heavy atom. The molecule has 0 unspecified atom stereocenters. The zero-order valence-electron chi connectivity index (χ0n) is 13.2. The molecule has 0 aromatic carbocycles. The van der Waals surface area contributed by atoms with Crippen molar-refractivity contribution in [1.29, 1.82) is 0 Å². The Hall–Kier alpha value is -2.58. The molecule has 0 fully saturated rings.